The van der Waals surface area contributed by atoms with E-state index in [1.807, 2.05) is 0 Å². The zero-order chi connectivity index (χ0) is 14.1. The molecule has 0 radical (unpaired) electrons. The van der Waals surface area contributed by atoms with E-state index in [2.05, 4.69) is 68.4 Å². The first-order valence-electron chi connectivity index (χ1n) is 7.33. The van der Waals surface area contributed by atoms with Crippen LogP contribution in [-0.4, -0.2) is 0 Å². The molecule has 102 valence electrons. The summed E-state index contributed by atoms with van der Waals surface area (Å²) >= 11 is 0. The van der Waals surface area contributed by atoms with Gasteiger partial charge in [-0.2, -0.15) is 0 Å². The molecule has 0 aliphatic carbocycles. The lowest BCUT2D eigenvalue weighted by Crippen LogP contribution is -2.13. The second-order valence-corrected chi connectivity index (χ2v) is 5.97. The molecule has 1 heteroatoms. The Morgan fingerprint density at radius 2 is 1.45 bits per heavy atom. The maximum absolute atomic E-state index is 6.45. The second-order valence-electron chi connectivity index (χ2n) is 5.97. The number of nitrogens with two attached hydrogens (primary N) is 1. The standard InChI is InChI=1S/C19H21N/c1-13(2)11-19(20)18-12-14-7-3-4-8-15(14)16-9-5-6-10-17(16)18/h3-10,12-13,19H,11,20H2,1-2H3/t19-/m1/s1. The van der Waals surface area contributed by atoms with E-state index in [0.29, 0.717) is 5.92 Å². The molecule has 0 spiro atoms. The quantitative estimate of drug-likeness (QED) is 0.658. The first-order valence-corrected chi connectivity index (χ1v) is 7.33. The lowest BCUT2D eigenvalue weighted by atomic mass is 9.90. The molecule has 0 saturated heterocycles. The van der Waals surface area contributed by atoms with Crippen LogP contribution in [0.25, 0.3) is 21.5 Å². The SMILES string of the molecule is CC(C)C[C@@H](N)c1cc2ccccc2c2ccccc12. The van der Waals surface area contributed by atoms with Crippen LogP contribution in [0.2, 0.25) is 0 Å². The summed E-state index contributed by atoms with van der Waals surface area (Å²) in [6, 6.07) is 19.5. The molecule has 0 aliphatic rings. The molecule has 2 N–H and O–H groups in total. The van der Waals surface area contributed by atoms with Gasteiger partial charge in [-0.05, 0) is 45.5 Å². The Kier molecular flexibility index (Phi) is 3.45. The Bertz CT molecular complexity index is 743. The van der Waals surface area contributed by atoms with Gasteiger partial charge in [0.25, 0.3) is 0 Å². The molecule has 1 nitrogen and oxygen atoms in total. The van der Waals surface area contributed by atoms with Crippen LogP contribution in [0.5, 0.6) is 0 Å². The summed E-state index contributed by atoms with van der Waals surface area (Å²) in [6.07, 6.45) is 1.02. The maximum atomic E-state index is 6.45. The summed E-state index contributed by atoms with van der Waals surface area (Å²) in [6.45, 7) is 4.45. The van der Waals surface area contributed by atoms with E-state index in [-0.39, 0.29) is 6.04 Å². The third-order valence-corrected chi connectivity index (χ3v) is 3.92. The lowest BCUT2D eigenvalue weighted by Gasteiger charge is -2.18. The van der Waals surface area contributed by atoms with Crippen LogP contribution in [0.3, 0.4) is 0 Å². The number of hydrogen-bond donors (Lipinski definition) is 1. The second kappa shape index (κ2) is 5.26. The first kappa shape index (κ1) is 13.1. The van der Waals surface area contributed by atoms with E-state index in [1.165, 1.54) is 27.1 Å². The third kappa shape index (κ3) is 2.30. The van der Waals surface area contributed by atoms with Crippen molar-refractivity contribution in [3.8, 4) is 0 Å². The zero-order valence-electron chi connectivity index (χ0n) is 12.1. The molecular weight excluding hydrogens is 242 g/mol. The third-order valence-electron chi connectivity index (χ3n) is 3.92. The fraction of sp³-hybridized carbons (Fsp3) is 0.263. The number of benzene rings is 3. The fourth-order valence-corrected chi connectivity index (χ4v) is 3.02. The van der Waals surface area contributed by atoms with Gasteiger partial charge in [-0.25, -0.2) is 0 Å². The fourth-order valence-electron chi connectivity index (χ4n) is 3.02. The van der Waals surface area contributed by atoms with Crippen LogP contribution in [0, 0.1) is 5.92 Å². The average molecular weight is 263 g/mol. The average Bonchev–Trinajstić information content (AvgIpc) is 2.45. The van der Waals surface area contributed by atoms with Crippen molar-refractivity contribution < 1.29 is 0 Å². The monoisotopic (exact) mass is 263 g/mol. The van der Waals surface area contributed by atoms with E-state index in [9.17, 15) is 0 Å². The van der Waals surface area contributed by atoms with Crippen LogP contribution < -0.4 is 5.73 Å². The van der Waals surface area contributed by atoms with Gasteiger partial charge in [0.1, 0.15) is 0 Å². The first-order chi connectivity index (χ1) is 9.66. The molecule has 0 heterocycles. The molecule has 0 aliphatic heterocycles. The Morgan fingerprint density at radius 3 is 2.15 bits per heavy atom. The highest BCUT2D eigenvalue weighted by atomic mass is 14.6. The molecule has 20 heavy (non-hydrogen) atoms. The van der Waals surface area contributed by atoms with Crippen molar-refractivity contribution in [2.45, 2.75) is 26.3 Å². The van der Waals surface area contributed by atoms with Crippen molar-refractivity contribution in [3.05, 3.63) is 60.2 Å². The minimum Gasteiger partial charge on any atom is -0.324 e. The molecule has 3 rings (SSSR count). The summed E-state index contributed by atoms with van der Waals surface area (Å²) in [5, 5.41) is 5.18. The van der Waals surface area contributed by atoms with Crippen LogP contribution in [0.4, 0.5) is 0 Å². The van der Waals surface area contributed by atoms with Crippen LogP contribution in [0.1, 0.15) is 31.9 Å². The Hall–Kier alpha value is -1.86. The number of fused-ring (bicyclic) bond motifs is 3. The van der Waals surface area contributed by atoms with E-state index in [1.54, 1.807) is 0 Å². The van der Waals surface area contributed by atoms with Crippen LogP contribution in [0.15, 0.2) is 54.6 Å². The van der Waals surface area contributed by atoms with Gasteiger partial charge < -0.3 is 5.73 Å². The molecule has 3 aromatic carbocycles. The molecule has 0 saturated carbocycles. The van der Waals surface area contributed by atoms with Crippen LogP contribution >= 0.6 is 0 Å². The van der Waals surface area contributed by atoms with Gasteiger partial charge in [0, 0.05) is 6.04 Å². The zero-order valence-corrected chi connectivity index (χ0v) is 12.1. The topological polar surface area (TPSA) is 26.0 Å². The Balaban J connectivity index is 2.29. The molecule has 0 fully saturated rings. The summed E-state index contributed by atoms with van der Waals surface area (Å²) in [5.41, 5.74) is 7.72. The minimum absolute atomic E-state index is 0.101. The summed E-state index contributed by atoms with van der Waals surface area (Å²) in [5.74, 6) is 0.607. The van der Waals surface area contributed by atoms with Gasteiger partial charge in [-0.15, -0.1) is 0 Å². The predicted molar refractivity (Wildman–Crippen MR) is 87.8 cm³/mol. The highest BCUT2D eigenvalue weighted by Gasteiger charge is 2.13. The normalized spacial score (nSPS) is 13.2. The molecule has 3 aromatic rings. The number of rotatable bonds is 3. The molecular formula is C19H21N. The van der Waals surface area contributed by atoms with Crippen molar-refractivity contribution in [2.75, 3.05) is 0 Å². The molecule has 0 bridgehead atoms. The van der Waals surface area contributed by atoms with Gasteiger partial charge in [0.15, 0.2) is 0 Å². The summed E-state index contributed by atoms with van der Waals surface area (Å²) in [7, 11) is 0. The lowest BCUT2D eigenvalue weighted by molar-refractivity contribution is 0.512. The Labute approximate surface area is 120 Å². The highest BCUT2D eigenvalue weighted by molar-refractivity contribution is 6.09. The van der Waals surface area contributed by atoms with Crippen LogP contribution in [-0.2, 0) is 0 Å². The van der Waals surface area contributed by atoms with Gasteiger partial charge >= 0.3 is 0 Å². The van der Waals surface area contributed by atoms with Crippen molar-refractivity contribution in [1.82, 2.24) is 0 Å². The van der Waals surface area contributed by atoms with Gasteiger partial charge in [-0.3, -0.25) is 0 Å². The van der Waals surface area contributed by atoms with E-state index in [4.69, 9.17) is 5.73 Å². The molecule has 0 aromatic heterocycles. The summed E-state index contributed by atoms with van der Waals surface area (Å²) < 4.78 is 0. The van der Waals surface area contributed by atoms with E-state index in [0.717, 1.165) is 6.42 Å². The van der Waals surface area contributed by atoms with Crippen molar-refractivity contribution in [3.63, 3.8) is 0 Å². The Morgan fingerprint density at radius 1 is 0.850 bits per heavy atom. The largest absolute Gasteiger partial charge is 0.324 e. The molecule has 0 amide bonds. The molecule has 1 atom stereocenters. The predicted octanol–water partition coefficient (Wildman–Crippen LogP) is 5.04. The van der Waals surface area contributed by atoms with E-state index >= 15 is 0 Å². The summed E-state index contributed by atoms with van der Waals surface area (Å²) in [4.78, 5) is 0. The van der Waals surface area contributed by atoms with E-state index < -0.39 is 0 Å². The molecule has 0 unspecified atom stereocenters. The van der Waals surface area contributed by atoms with Gasteiger partial charge in [0.05, 0.1) is 0 Å². The van der Waals surface area contributed by atoms with Crippen molar-refractivity contribution in [1.29, 1.82) is 0 Å². The van der Waals surface area contributed by atoms with Crippen molar-refractivity contribution >= 4 is 21.5 Å². The smallest absolute Gasteiger partial charge is 0.0303 e. The van der Waals surface area contributed by atoms with Gasteiger partial charge in [-0.1, -0.05) is 62.4 Å². The van der Waals surface area contributed by atoms with Gasteiger partial charge in [0.2, 0.25) is 0 Å². The highest BCUT2D eigenvalue weighted by Crippen LogP contribution is 2.33. The number of hydrogen-bond acceptors (Lipinski definition) is 1. The minimum atomic E-state index is 0.101. The van der Waals surface area contributed by atoms with Crippen molar-refractivity contribution in [2.24, 2.45) is 11.7 Å². The maximum Gasteiger partial charge on any atom is 0.0303 e.